The van der Waals surface area contributed by atoms with Crippen LogP contribution in [0.1, 0.15) is 47.0 Å². The van der Waals surface area contributed by atoms with Crippen LogP contribution in [0.5, 0.6) is 0 Å². The number of aryl methyl sites for hydroxylation is 2. The zero-order valence-corrected chi connectivity index (χ0v) is 11.3. The van der Waals surface area contributed by atoms with E-state index in [0.29, 0.717) is 4.68 Å². The molecule has 0 saturated carbocycles. The Kier molecular flexibility index (Phi) is 3.82. The number of carbonyl (C=O) groups is 1. The molecule has 0 fully saturated rings. The number of alkyl halides is 2. The number of amides is 1. The van der Waals surface area contributed by atoms with Gasteiger partial charge in [-0.15, -0.1) is 0 Å². The molecule has 1 amide bonds. The van der Waals surface area contributed by atoms with Crippen LogP contribution in [0, 0.1) is 13.8 Å². The Morgan fingerprint density at radius 1 is 1.45 bits per heavy atom. The van der Waals surface area contributed by atoms with Crippen LogP contribution in [0.15, 0.2) is 12.3 Å². The lowest BCUT2D eigenvalue weighted by Gasteiger charge is -2.13. The van der Waals surface area contributed by atoms with Crippen molar-refractivity contribution in [1.82, 2.24) is 25.3 Å². The molecule has 2 heterocycles. The van der Waals surface area contributed by atoms with Crippen LogP contribution in [0.3, 0.4) is 0 Å². The molecule has 2 aromatic heterocycles. The maximum atomic E-state index is 12.4. The summed E-state index contributed by atoms with van der Waals surface area (Å²) < 4.78 is 25.2. The lowest BCUT2D eigenvalue weighted by Crippen LogP contribution is -2.27. The third kappa shape index (κ3) is 2.68. The van der Waals surface area contributed by atoms with E-state index in [4.69, 9.17) is 0 Å². The summed E-state index contributed by atoms with van der Waals surface area (Å²) in [6, 6.07) is 0.960. The Bertz CT molecular complexity index is 600. The number of H-pyrrole nitrogens is 1. The summed E-state index contributed by atoms with van der Waals surface area (Å²) in [7, 11) is 0. The Balaban J connectivity index is 2.11. The smallest absolute Gasteiger partial charge is 0.333 e. The van der Waals surface area contributed by atoms with E-state index in [1.165, 1.54) is 6.07 Å². The minimum absolute atomic E-state index is 0.0454. The molecule has 0 bridgehead atoms. The number of hydrogen-bond acceptors (Lipinski definition) is 3. The Hall–Kier alpha value is -2.25. The molecule has 2 aromatic rings. The molecule has 0 spiro atoms. The second-order valence-electron chi connectivity index (χ2n) is 4.50. The van der Waals surface area contributed by atoms with Gasteiger partial charge in [0, 0.05) is 17.5 Å². The molecular weight excluding hydrogens is 268 g/mol. The number of nitrogens with one attached hydrogen (secondary N) is 2. The topological polar surface area (TPSA) is 75.6 Å². The highest BCUT2D eigenvalue weighted by Crippen LogP contribution is 2.19. The summed E-state index contributed by atoms with van der Waals surface area (Å²) in [6.07, 6.45) is 1.07. The van der Waals surface area contributed by atoms with Crippen LogP contribution in [0.25, 0.3) is 0 Å². The van der Waals surface area contributed by atoms with Crippen LogP contribution in [0.2, 0.25) is 0 Å². The van der Waals surface area contributed by atoms with Crippen molar-refractivity contribution in [1.29, 1.82) is 0 Å². The van der Waals surface area contributed by atoms with E-state index in [2.05, 4.69) is 20.6 Å². The second kappa shape index (κ2) is 5.40. The molecule has 0 aromatic carbocycles. The van der Waals surface area contributed by atoms with Crippen molar-refractivity contribution in [3.8, 4) is 0 Å². The van der Waals surface area contributed by atoms with Crippen LogP contribution in [-0.4, -0.2) is 25.9 Å². The van der Waals surface area contributed by atoms with Crippen molar-refractivity contribution < 1.29 is 13.6 Å². The third-order valence-corrected chi connectivity index (χ3v) is 3.01. The summed E-state index contributed by atoms with van der Waals surface area (Å²) in [5, 5.41) is 13.1. The summed E-state index contributed by atoms with van der Waals surface area (Å²) in [5.74, 6) is -0.503. The van der Waals surface area contributed by atoms with Gasteiger partial charge in [0.1, 0.15) is 5.69 Å². The van der Waals surface area contributed by atoms with Gasteiger partial charge in [0.2, 0.25) is 0 Å². The standard InChI is InChI=1S/C12H15F2N5O/c1-6(10-7(2)16-17-8(10)3)15-11(20)9-4-5-19(18-9)12(13)14/h4-6,12H,1-3H3,(H,15,20)(H,16,17)/t6-/m0/s1. The number of aromatic amines is 1. The second-order valence-corrected chi connectivity index (χ2v) is 4.50. The van der Waals surface area contributed by atoms with Gasteiger partial charge in [-0.1, -0.05) is 0 Å². The normalized spacial score (nSPS) is 12.7. The minimum Gasteiger partial charge on any atom is -0.344 e. The molecular formula is C12H15F2N5O. The van der Waals surface area contributed by atoms with Crippen LogP contribution >= 0.6 is 0 Å². The van der Waals surface area contributed by atoms with Gasteiger partial charge in [0.15, 0.2) is 0 Å². The zero-order valence-electron chi connectivity index (χ0n) is 11.3. The largest absolute Gasteiger partial charge is 0.344 e. The van der Waals surface area contributed by atoms with E-state index in [-0.39, 0.29) is 11.7 Å². The number of rotatable bonds is 4. The maximum Gasteiger partial charge on any atom is 0.333 e. The van der Waals surface area contributed by atoms with Gasteiger partial charge in [-0.05, 0) is 26.8 Å². The van der Waals surface area contributed by atoms with E-state index < -0.39 is 12.5 Å². The molecule has 1 atom stereocenters. The molecule has 108 valence electrons. The van der Waals surface area contributed by atoms with Crippen molar-refractivity contribution in [3.63, 3.8) is 0 Å². The summed E-state index contributed by atoms with van der Waals surface area (Å²) in [6.45, 7) is 2.72. The fourth-order valence-corrected chi connectivity index (χ4v) is 2.11. The molecule has 2 rings (SSSR count). The van der Waals surface area contributed by atoms with Crippen molar-refractivity contribution in [2.24, 2.45) is 0 Å². The average Bonchev–Trinajstić information content (AvgIpc) is 2.96. The van der Waals surface area contributed by atoms with E-state index in [1.54, 1.807) is 6.92 Å². The van der Waals surface area contributed by atoms with Gasteiger partial charge < -0.3 is 5.32 Å². The van der Waals surface area contributed by atoms with E-state index in [9.17, 15) is 13.6 Å². The molecule has 0 aliphatic heterocycles. The fraction of sp³-hybridized carbons (Fsp3) is 0.417. The van der Waals surface area contributed by atoms with Gasteiger partial charge in [-0.2, -0.15) is 19.0 Å². The number of hydrogen-bond donors (Lipinski definition) is 2. The molecule has 20 heavy (non-hydrogen) atoms. The summed E-state index contributed by atoms with van der Waals surface area (Å²) in [4.78, 5) is 11.9. The number of aromatic nitrogens is 4. The Labute approximate surface area is 114 Å². The molecule has 0 aliphatic rings. The first-order valence-corrected chi connectivity index (χ1v) is 6.05. The highest BCUT2D eigenvalue weighted by Gasteiger charge is 2.19. The first kappa shape index (κ1) is 14.2. The van der Waals surface area contributed by atoms with E-state index >= 15 is 0 Å². The highest BCUT2D eigenvalue weighted by molar-refractivity contribution is 5.92. The third-order valence-electron chi connectivity index (χ3n) is 3.01. The summed E-state index contributed by atoms with van der Waals surface area (Å²) >= 11 is 0. The zero-order chi connectivity index (χ0) is 14.9. The number of carbonyl (C=O) groups excluding carboxylic acids is 1. The highest BCUT2D eigenvalue weighted by atomic mass is 19.3. The van der Waals surface area contributed by atoms with Crippen molar-refractivity contribution in [3.05, 3.63) is 34.9 Å². The van der Waals surface area contributed by atoms with Gasteiger partial charge in [0.05, 0.1) is 11.7 Å². The summed E-state index contributed by atoms with van der Waals surface area (Å²) in [5.41, 5.74) is 2.48. The molecule has 6 nitrogen and oxygen atoms in total. The molecule has 0 aliphatic carbocycles. The van der Waals surface area contributed by atoms with Crippen molar-refractivity contribution in [2.45, 2.75) is 33.4 Å². The minimum atomic E-state index is -2.76. The first-order valence-electron chi connectivity index (χ1n) is 6.05. The number of nitrogens with zero attached hydrogens (tertiary/aromatic N) is 3. The first-order chi connectivity index (χ1) is 9.40. The Morgan fingerprint density at radius 3 is 2.65 bits per heavy atom. The lowest BCUT2D eigenvalue weighted by atomic mass is 10.1. The predicted molar refractivity (Wildman–Crippen MR) is 67.4 cm³/mol. The molecule has 0 radical (unpaired) electrons. The van der Waals surface area contributed by atoms with E-state index in [0.717, 1.165) is 23.1 Å². The van der Waals surface area contributed by atoms with Crippen molar-refractivity contribution >= 4 is 5.91 Å². The predicted octanol–water partition coefficient (Wildman–Crippen LogP) is 2.11. The average molecular weight is 283 g/mol. The fourth-order valence-electron chi connectivity index (χ4n) is 2.11. The van der Waals surface area contributed by atoms with Gasteiger partial charge in [-0.25, -0.2) is 4.68 Å². The van der Waals surface area contributed by atoms with Gasteiger partial charge in [0.25, 0.3) is 5.91 Å². The van der Waals surface area contributed by atoms with Crippen molar-refractivity contribution in [2.75, 3.05) is 0 Å². The molecule has 0 saturated heterocycles. The monoisotopic (exact) mass is 283 g/mol. The Morgan fingerprint density at radius 2 is 2.15 bits per heavy atom. The van der Waals surface area contributed by atoms with Crippen LogP contribution in [-0.2, 0) is 0 Å². The van der Waals surface area contributed by atoms with Gasteiger partial charge >= 0.3 is 6.55 Å². The molecule has 0 unspecified atom stereocenters. The van der Waals surface area contributed by atoms with Gasteiger partial charge in [-0.3, -0.25) is 9.89 Å². The van der Waals surface area contributed by atoms with Crippen LogP contribution in [0.4, 0.5) is 8.78 Å². The molecule has 8 heteroatoms. The lowest BCUT2D eigenvalue weighted by molar-refractivity contribution is 0.0559. The molecule has 2 N–H and O–H groups in total. The maximum absolute atomic E-state index is 12.4. The van der Waals surface area contributed by atoms with E-state index in [1.807, 2.05) is 13.8 Å². The number of halogens is 2. The van der Waals surface area contributed by atoms with Crippen LogP contribution < -0.4 is 5.32 Å². The quantitative estimate of drug-likeness (QED) is 0.902. The SMILES string of the molecule is Cc1n[nH]c(C)c1[C@H](C)NC(=O)c1ccn(C(F)F)n1.